The summed E-state index contributed by atoms with van der Waals surface area (Å²) in [4.78, 5) is 49.4. The van der Waals surface area contributed by atoms with Crippen molar-refractivity contribution in [2.24, 2.45) is 14.1 Å². The molecule has 0 spiro atoms. The number of hydrogen-bond donors (Lipinski definition) is 3. The minimum atomic E-state index is -0.585. The molecule has 3 heterocycles. The van der Waals surface area contributed by atoms with E-state index < -0.39 is 18.0 Å². The third-order valence-electron chi connectivity index (χ3n) is 6.17. The summed E-state index contributed by atoms with van der Waals surface area (Å²) in [5, 5.41) is 8.22. The molecule has 0 aliphatic rings. The van der Waals surface area contributed by atoms with Gasteiger partial charge in [-0.3, -0.25) is 14.9 Å². The summed E-state index contributed by atoms with van der Waals surface area (Å²) >= 11 is 0. The van der Waals surface area contributed by atoms with E-state index in [2.05, 4.69) is 20.7 Å². The van der Waals surface area contributed by atoms with E-state index in [4.69, 9.17) is 9.15 Å². The number of unbranched alkanes of at least 4 members (excludes halogenated alkanes) is 1. The van der Waals surface area contributed by atoms with Crippen molar-refractivity contribution in [1.82, 2.24) is 9.13 Å². The molecular weight excluding hydrogens is 530 g/mol. The second-order valence-electron chi connectivity index (χ2n) is 9.24. The van der Waals surface area contributed by atoms with E-state index >= 15 is 0 Å². The fourth-order valence-corrected chi connectivity index (χ4v) is 4.01. The number of anilines is 3. The van der Waals surface area contributed by atoms with E-state index in [0.717, 1.165) is 18.4 Å². The number of nitrogens with one attached hydrogen (secondary N) is 3. The van der Waals surface area contributed by atoms with Gasteiger partial charge in [0.1, 0.15) is 11.4 Å². The number of esters is 1. The average molecular weight is 562 g/mol. The van der Waals surface area contributed by atoms with Crippen LogP contribution in [-0.2, 0) is 23.6 Å². The molecule has 0 saturated carbocycles. The van der Waals surface area contributed by atoms with Crippen LogP contribution in [-0.4, -0.2) is 46.7 Å². The van der Waals surface area contributed by atoms with Gasteiger partial charge in [-0.2, -0.15) is 0 Å². The van der Waals surface area contributed by atoms with Crippen LogP contribution in [0.5, 0.6) is 0 Å². The molecule has 4 aromatic rings. The molecule has 12 heteroatoms. The van der Waals surface area contributed by atoms with Crippen LogP contribution in [0, 0.1) is 0 Å². The van der Waals surface area contributed by atoms with Crippen LogP contribution in [0.1, 0.15) is 51.3 Å². The molecule has 214 valence electrons. The smallest absolute Gasteiger partial charge is 0.411 e. The number of furan rings is 1. The number of aromatic nitrogens is 2. The van der Waals surface area contributed by atoms with Crippen molar-refractivity contribution in [2.45, 2.75) is 19.8 Å². The first-order valence-electron chi connectivity index (χ1n) is 12.8. The molecule has 0 atom stereocenters. The van der Waals surface area contributed by atoms with E-state index in [-0.39, 0.29) is 11.7 Å². The lowest BCUT2D eigenvalue weighted by molar-refractivity contribution is 0.0564. The Balaban J connectivity index is 1.37. The van der Waals surface area contributed by atoms with Gasteiger partial charge in [-0.1, -0.05) is 25.5 Å². The Morgan fingerprint density at radius 3 is 1.98 bits per heavy atom. The number of hydrogen-bond acceptors (Lipinski definition) is 7. The first-order valence-corrected chi connectivity index (χ1v) is 12.8. The third kappa shape index (κ3) is 7.04. The Morgan fingerprint density at radius 1 is 0.805 bits per heavy atom. The number of carbonyl (C=O) groups excluding carboxylic acids is 4. The number of carbonyl (C=O) groups is 4. The predicted molar refractivity (Wildman–Crippen MR) is 152 cm³/mol. The van der Waals surface area contributed by atoms with Gasteiger partial charge in [-0.15, -0.1) is 0 Å². The molecule has 3 aromatic heterocycles. The molecule has 0 fully saturated rings. The number of rotatable bonds is 10. The first kappa shape index (κ1) is 28.7. The molecule has 3 amide bonds. The molecule has 1 aromatic carbocycles. The lowest BCUT2D eigenvalue weighted by Crippen LogP contribution is -2.15. The Morgan fingerprint density at radius 2 is 1.39 bits per heavy atom. The third-order valence-corrected chi connectivity index (χ3v) is 6.17. The van der Waals surface area contributed by atoms with Gasteiger partial charge in [0, 0.05) is 37.7 Å². The highest BCUT2D eigenvalue weighted by molar-refractivity contribution is 6.07. The number of nitrogens with zero attached hydrogens (tertiary/aromatic N) is 2. The van der Waals surface area contributed by atoms with Gasteiger partial charge < -0.3 is 33.7 Å². The minimum absolute atomic E-state index is 0.0956. The van der Waals surface area contributed by atoms with Crippen LogP contribution in [0.15, 0.2) is 65.5 Å². The molecule has 0 aliphatic heterocycles. The summed E-state index contributed by atoms with van der Waals surface area (Å²) in [6.07, 6.45) is 5.78. The van der Waals surface area contributed by atoms with Gasteiger partial charge in [0.15, 0.2) is 0 Å². The van der Waals surface area contributed by atoms with Gasteiger partial charge in [-0.05, 0) is 42.3 Å². The van der Waals surface area contributed by atoms with Crippen LogP contribution in [0.4, 0.5) is 21.9 Å². The number of aryl methyl sites for hydroxylation is 2. The normalized spacial score (nSPS) is 10.6. The van der Waals surface area contributed by atoms with Crippen molar-refractivity contribution in [2.75, 3.05) is 29.7 Å². The van der Waals surface area contributed by atoms with Crippen molar-refractivity contribution < 1.29 is 33.1 Å². The SMILES string of the molecule is CCCCOC(=O)Nc1cc(C(=O)Nc2cc(C(=O)Nc3ccc(-c4coc(C(=O)OC)c4)cc3)n(C)c2)n(C)c1. The van der Waals surface area contributed by atoms with Gasteiger partial charge in [0.25, 0.3) is 11.8 Å². The van der Waals surface area contributed by atoms with Gasteiger partial charge in [0.2, 0.25) is 5.76 Å². The fourth-order valence-electron chi connectivity index (χ4n) is 4.01. The van der Waals surface area contributed by atoms with Crippen molar-refractivity contribution in [1.29, 1.82) is 0 Å². The van der Waals surface area contributed by atoms with E-state index in [1.807, 2.05) is 6.92 Å². The minimum Gasteiger partial charge on any atom is -0.463 e. The highest BCUT2D eigenvalue weighted by Crippen LogP contribution is 2.25. The summed E-state index contributed by atoms with van der Waals surface area (Å²) in [5.74, 6) is -1.26. The Bertz CT molecular complexity index is 1560. The average Bonchev–Trinajstić information content (AvgIpc) is 3.67. The zero-order valence-corrected chi connectivity index (χ0v) is 23.1. The number of ether oxygens (including phenoxy) is 2. The molecule has 0 aliphatic carbocycles. The van der Waals surface area contributed by atoms with Gasteiger partial charge in [0.05, 0.1) is 31.4 Å². The molecule has 4 rings (SSSR count). The van der Waals surface area contributed by atoms with Crippen LogP contribution in [0.2, 0.25) is 0 Å². The van der Waals surface area contributed by atoms with Crippen molar-refractivity contribution in [3.05, 3.63) is 78.3 Å². The van der Waals surface area contributed by atoms with Crippen molar-refractivity contribution in [3.8, 4) is 11.1 Å². The second kappa shape index (κ2) is 12.7. The quantitative estimate of drug-likeness (QED) is 0.177. The summed E-state index contributed by atoms with van der Waals surface area (Å²) in [7, 11) is 4.65. The summed E-state index contributed by atoms with van der Waals surface area (Å²) in [5.41, 5.74) is 3.52. The number of amides is 3. The zero-order valence-electron chi connectivity index (χ0n) is 23.1. The molecule has 12 nitrogen and oxygen atoms in total. The molecule has 0 unspecified atom stereocenters. The highest BCUT2D eigenvalue weighted by atomic mass is 16.5. The summed E-state index contributed by atoms with van der Waals surface area (Å²) in [6, 6.07) is 11.7. The maximum Gasteiger partial charge on any atom is 0.411 e. The van der Waals surface area contributed by atoms with E-state index in [0.29, 0.717) is 40.6 Å². The monoisotopic (exact) mass is 561 g/mol. The maximum absolute atomic E-state index is 13.0. The number of methoxy groups -OCH3 is 1. The fraction of sp³-hybridized carbons (Fsp3) is 0.241. The lowest BCUT2D eigenvalue weighted by Gasteiger charge is -2.06. The summed E-state index contributed by atoms with van der Waals surface area (Å²) < 4.78 is 18.2. The van der Waals surface area contributed by atoms with E-state index in [1.54, 1.807) is 72.0 Å². The molecule has 41 heavy (non-hydrogen) atoms. The van der Waals surface area contributed by atoms with Crippen LogP contribution >= 0.6 is 0 Å². The summed E-state index contributed by atoms with van der Waals surface area (Å²) in [6.45, 7) is 2.32. The molecule has 0 radical (unpaired) electrons. The topological polar surface area (TPSA) is 146 Å². The van der Waals surface area contributed by atoms with Gasteiger partial charge >= 0.3 is 12.1 Å². The van der Waals surface area contributed by atoms with E-state index in [1.165, 1.54) is 19.4 Å². The standard InChI is InChI=1S/C29H31N5O7/c1-5-6-11-40-29(38)32-22-14-24(34(3)16-22)27(36)31-21-13-23(33(2)15-21)26(35)30-20-9-7-18(8-10-20)19-12-25(41-17-19)28(37)39-4/h7-10,12-17H,5-6,11H2,1-4H3,(H,30,35)(H,31,36)(H,32,38). The zero-order chi connectivity index (χ0) is 29.5. The Hall–Kier alpha value is -5.26. The lowest BCUT2D eigenvalue weighted by atomic mass is 10.1. The molecule has 0 saturated heterocycles. The Labute approximate surface area is 236 Å². The van der Waals surface area contributed by atoms with Crippen LogP contribution < -0.4 is 16.0 Å². The van der Waals surface area contributed by atoms with E-state index in [9.17, 15) is 19.2 Å². The van der Waals surface area contributed by atoms with Crippen molar-refractivity contribution >= 4 is 40.9 Å². The first-order chi connectivity index (χ1) is 19.7. The van der Waals surface area contributed by atoms with Crippen LogP contribution in [0.3, 0.4) is 0 Å². The maximum atomic E-state index is 13.0. The molecular formula is C29H31N5O7. The highest BCUT2D eigenvalue weighted by Gasteiger charge is 2.18. The predicted octanol–water partition coefficient (Wildman–Crippen LogP) is 5.26. The van der Waals surface area contributed by atoms with Crippen LogP contribution in [0.25, 0.3) is 11.1 Å². The molecule has 3 N–H and O–H groups in total. The van der Waals surface area contributed by atoms with Crippen molar-refractivity contribution in [3.63, 3.8) is 0 Å². The number of benzene rings is 1. The Kier molecular flexibility index (Phi) is 8.92. The molecule has 0 bridgehead atoms. The van der Waals surface area contributed by atoms with Gasteiger partial charge in [-0.25, -0.2) is 9.59 Å². The second-order valence-corrected chi connectivity index (χ2v) is 9.24. The largest absolute Gasteiger partial charge is 0.463 e.